The fourth-order valence-electron chi connectivity index (χ4n) is 3.64. The van der Waals surface area contributed by atoms with Gasteiger partial charge in [0.25, 0.3) is 0 Å². The largest absolute Gasteiger partial charge is 0.384 e. The summed E-state index contributed by atoms with van der Waals surface area (Å²) in [7, 11) is 0. The van der Waals surface area contributed by atoms with Crippen molar-refractivity contribution in [3.05, 3.63) is 64.6 Å². The number of carbonyl (C=O) groups is 1. The molecule has 1 fully saturated rings. The van der Waals surface area contributed by atoms with Crippen LogP contribution in [0.3, 0.4) is 0 Å². The van der Waals surface area contributed by atoms with Gasteiger partial charge < -0.3 is 20.4 Å². The number of benzene rings is 2. The van der Waals surface area contributed by atoms with Crippen LogP contribution in [-0.4, -0.2) is 45.5 Å². The van der Waals surface area contributed by atoms with Gasteiger partial charge in [0.1, 0.15) is 5.60 Å². The van der Waals surface area contributed by atoms with E-state index in [0.717, 1.165) is 12.1 Å². The molecule has 0 spiro atoms. The van der Waals surface area contributed by atoms with Crippen molar-refractivity contribution in [2.24, 2.45) is 0 Å². The minimum atomic E-state index is -0.844. The Labute approximate surface area is 156 Å². The minimum absolute atomic E-state index is 0.0950. The Balaban J connectivity index is 1.32. The maximum absolute atomic E-state index is 12.3. The van der Waals surface area contributed by atoms with Crippen molar-refractivity contribution in [3.8, 4) is 0 Å². The van der Waals surface area contributed by atoms with Gasteiger partial charge in [0.15, 0.2) is 0 Å². The Hall–Kier alpha value is -2.90. The number of anilines is 1. The van der Waals surface area contributed by atoms with Crippen LogP contribution in [0.1, 0.15) is 18.4 Å². The van der Waals surface area contributed by atoms with E-state index in [4.69, 9.17) is 0 Å². The van der Waals surface area contributed by atoms with E-state index in [9.17, 15) is 14.7 Å². The van der Waals surface area contributed by atoms with Crippen LogP contribution in [-0.2, 0) is 10.4 Å². The minimum Gasteiger partial charge on any atom is -0.384 e. The van der Waals surface area contributed by atoms with E-state index in [0.29, 0.717) is 42.7 Å². The molecule has 1 saturated heterocycles. The third-order valence-electron chi connectivity index (χ3n) is 5.09. The molecule has 27 heavy (non-hydrogen) atoms. The molecule has 1 aliphatic rings. The fraction of sp³-hybridized carbons (Fsp3) is 0.300. The highest BCUT2D eigenvalue weighted by Crippen LogP contribution is 2.31. The second kappa shape index (κ2) is 7.02. The molecule has 140 valence electrons. The zero-order valence-corrected chi connectivity index (χ0v) is 14.9. The highest BCUT2D eigenvalue weighted by molar-refractivity contribution is 5.93. The van der Waals surface area contributed by atoms with Gasteiger partial charge in [0.2, 0.25) is 5.91 Å². The number of H-pyrrole nitrogens is 2. The number of nitrogens with zero attached hydrogens (tertiary/aromatic N) is 1. The number of likely N-dealkylation sites (tertiary alicyclic amines) is 1. The summed E-state index contributed by atoms with van der Waals surface area (Å²) in [6.07, 6.45) is 1.00. The van der Waals surface area contributed by atoms with E-state index >= 15 is 0 Å². The second-order valence-electron chi connectivity index (χ2n) is 7.06. The molecule has 0 saturated carbocycles. The molecule has 1 aliphatic heterocycles. The maximum atomic E-state index is 12.3. The summed E-state index contributed by atoms with van der Waals surface area (Å²) in [5.41, 5.74) is 1.81. The summed E-state index contributed by atoms with van der Waals surface area (Å²) in [4.78, 5) is 31.0. The van der Waals surface area contributed by atoms with Crippen molar-refractivity contribution in [2.75, 3.05) is 25.0 Å². The molecular formula is C20H22N4O3. The van der Waals surface area contributed by atoms with Crippen molar-refractivity contribution in [2.45, 2.75) is 18.4 Å². The number of aromatic nitrogens is 2. The molecule has 4 N–H and O–H groups in total. The van der Waals surface area contributed by atoms with Gasteiger partial charge in [-0.3, -0.25) is 9.69 Å². The summed E-state index contributed by atoms with van der Waals surface area (Å²) in [6, 6.07) is 14.9. The molecule has 0 aliphatic carbocycles. The van der Waals surface area contributed by atoms with E-state index in [2.05, 4.69) is 20.2 Å². The van der Waals surface area contributed by atoms with Crippen molar-refractivity contribution in [1.82, 2.24) is 14.9 Å². The summed E-state index contributed by atoms with van der Waals surface area (Å²) in [5.74, 6) is -0.0950. The second-order valence-corrected chi connectivity index (χ2v) is 7.06. The predicted molar refractivity (Wildman–Crippen MR) is 104 cm³/mol. The standard InChI is InChI=1S/C20H22N4O3/c25-18(21-15-6-7-16-17(12-15)23-19(26)22-16)8-10-24-11-9-20(27,13-24)14-4-2-1-3-5-14/h1-7,12,27H,8-11,13H2,(H,21,25)(H2,22,23,26). The van der Waals surface area contributed by atoms with Crippen molar-refractivity contribution in [3.63, 3.8) is 0 Å². The van der Waals surface area contributed by atoms with E-state index in [1.165, 1.54) is 0 Å². The first-order chi connectivity index (χ1) is 13.0. The van der Waals surface area contributed by atoms with Crippen LogP contribution >= 0.6 is 0 Å². The zero-order chi connectivity index (χ0) is 18.9. The van der Waals surface area contributed by atoms with Crippen molar-refractivity contribution < 1.29 is 9.90 Å². The number of carbonyl (C=O) groups excluding carboxylic acids is 1. The number of fused-ring (bicyclic) bond motifs is 1. The highest BCUT2D eigenvalue weighted by atomic mass is 16.3. The number of hydrogen-bond acceptors (Lipinski definition) is 4. The number of aromatic amines is 2. The SMILES string of the molecule is O=C(CCN1CCC(O)(c2ccccc2)C1)Nc1ccc2[nH]c(=O)[nH]c2c1. The van der Waals surface area contributed by atoms with Crippen molar-refractivity contribution in [1.29, 1.82) is 0 Å². The molecule has 0 radical (unpaired) electrons. The smallest absolute Gasteiger partial charge is 0.323 e. The lowest BCUT2D eigenvalue weighted by atomic mass is 9.93. The van der Waals surface area contributed by atoms with Gasteiger partial charge in [0, 0.05) is 31.7 Å². The molecule has 4 rings (SSSR count). The number of imidazole rings is 1. The molecule has 3 aromatic rings. The third kappa shape index (κ3) is 3.79. The van der Waals surface area contributed by atoms with Crippen LogP contribution in [0, 0.1) is 0 Å². The van der Waals surface area contributed by atoms with Gasteiger partial charge in [-0.15, -0.1) is 0 Å². The molecule has 2 heterocycles. The summed E-state index contributed by atoms with van der Waals surface area (Å²) < 4.78 is 0. The Morgan fingerprint density at radius 1 is 1.15 bits per heavy atom. The molecular weight excluding hydrogens is 344 g/mol. The van der Waals surface area contributed by atoms with E-state index in [-0.39, 0.29) is 11.6 Å². The number of aliphatic hydroxyl groups is 1. The van der Waals surface area contributed by atoms with Crippen LogP contribution in [0.25, 0.3) is 11.0 Å². The van der Waals surface area contributed by atoms with E-state index in [1.54, 1.807) is 18.2 Å². The van der Waals surface area contributed by atoms with Crippen LogP contribution in [0.4, 0.5) is 5.69 Å². The summed E-state index contributed by atoms with van der Waals surface area (Å²) in [5, 5.41) is 13.7. The molecule has 1 amide bonds. The van der Waals surface area contributed by atoms with Gasteiger partial charge >= 0.3 is 5.69 Å². The molecule has 2 aromatic carbocycles. The Morgan fingerprint density at radius 3 is 2.74 bits per heavy atom. The summed E-state index contributed by atoms with van der Waals surface area (Å²) in [6.45, 7) is 1.88. The van der Waals surface area contributed by atoms with Crippen LogP contribution < -0.4 is 11.0 Å². The van der Waals surface area contributed by atoms with Gasteiger partial charge in [-0.1, -0.05) is 30.3 Å². The first kappa shape index (κ1) is 17.5. The van der Waals surface area contributed by atoms with Crippen LogP contribution in [0.5, 0.6) is 0 Å². The summed E-state index contributed by atoms with van der Waals surface area (Å²) >= 11 is 0. The number of rotatable bonds is 5. The maximum Gasteiger partial charge on any atom is 0.323 e. The third-order valence-corrected chi connectivity index (χ3v) is 5.09. The quantitative estimate of drug-likeness (QED) is 0.553. The molecule has 7 heteroatoms. The van der Waals surface area contributed by atoms with Gasteiger partial charge in [-0.2, -0.15) is 0 Å². The lowest BCUT2D eigenvalue weighted by molar-refractivity contribution is -0.116. The lowest BCUT2D eigenvalue weighted by Gasteiger charge is -2.24. The average Bonchev–Trinajstić information content (AvgIpc) is 3.23. The first-order valence-electron chi connectivity index (χ1n) is 9.04. The van der Waals surface area contributed by atoms with Gasteiger partial charge in [0.05, 0.1) is 11.0 Å². The molecule has 0 bridgehead atoms. The normalized spacial score (nSPS) is 20.2. The topological polar surface area (TPSA) is 101 Å². The first-order valence-corrected chi connectivity index (χ1v) is 9.04. The van der Waals surface area contributed by atoms with E-state index in [1.807, 2.05) is 30.3 Å². The average molecular weight is 366 g/mol. The van der Waals surface area contributed by atoms with Crippen LogP contribution in [0.15, 0.2) is 53.3 Å². The van der Waals surface area contributed by atoms with Gasteiger partial charge in [-0.05, 0) is 30.2 Å². The monoisotopic (exact) mass is 366 g/mol. The lowest BCUT2D eigenvalue weighted by Crippen LogP contribution is -2.32. The number of nitrogens with one attached hydrogen (secondary N) is 3. The number of amides is 1. The molecule has 1 aromatic heterocycles. The number of β-amino-alcohol motifs (C(OH)–C–C–N with tert-alkyl or cyclic N) is 1. The molecule has 1 atom stereocenters. The van der Waals surface area contributed by atoms with Gasteiger partial charge in [-0.25, -0.2) is 4.79 Å². The Morgan fingerprint density at radius 2 is 1.93 bits per heavy atom. The molecule has 7 nitrogen and oxygen atoms in total. The Bertz CT molecular complexity index is 1010. The molecule has 1 unspecified atom stereocenters. The predicted octanol–water partition coefficient (Wildman–Crippen LogP) is 1.78. The van der Waals surface area contributed by atoms with E-state index < -0.39 is 5.60 Å². The fourth-order valence-corrected chi connectivity index (χ4v) is 3.64. The van der Waals surface area contributed by atoms with Crippen LogP contribution in [0.2, 0.25) is 0 Å². The Kier molecular flexibility index (Phi) is 4.55. The number of hydrogen-bond donors (Lipinski definition) is 4. The zero-order valence-electron chi connectivity index (χ0n) is 14.9. The highest BCUT2D eigenvalue weighted by Gasteiger charge is 2.37. The van der Waals surface area contributed by atoms with Crippen molar-refractivity contribution >= 4 is 22.6 Å².